The molecule has 1 aliphatic heterocycles. The number of carbonyl (C=O) groups is 1. The molecule has 2 heterocycles. The molecule has 0 spiro atoms. The lowest BCUT2D eigenvalue weighted by Gasteiger charge is -2.34. The normalized spacial score (nSPS) is 14.9. The van der Waals surface area contributed by atoms with Crippen molar-refractivity contribution in [3.63, 3.8) is 0 Å². The summed E-state index contributed by atoms with van der Waals surface area (Å²) >= 11 is 0. The van der Waals surface area contributed by atoms with Crippen LogP contribution in [0.4, 0.5) is 8.78 Å². The highest BCUT2D eigenvalue weighted by atomic mass is 19.1. The maximum Gasteiger partial charge on any atom is 0.272 e. The van der Waals surface area contributed by atoms with Gasteiger partial charge in [-0.25, -0.2) is 13.5 Å². The molecule has 2 aromatic carbocycles. The van der Waals surface area contributed by atoms with E-state index in [-0.39, 0.29) is 11.7 Å². The van der Waals surface area contributed by atoms with E-state index in [0.29, 0.717) is 35.7 Å². The number of rotatable bonds is 4. The zero-order valence-electron chi connectivity index (χ0n) is 16.2. The van der Waals surface area contributed by atoms with Gasteiger partial charge in [-0.05, 0) is 49.0 Å². The van der Waals surface area contributed by atoms with Crippen molar-refractivity contribution in [3.8, 4) is 16.9 Å². The predicted octanol–water partition coefficient (Wildman–Crippen LogP) is 3.60. The van der Waals surface area contributed by atoms with Gasteiger partial charge in [-0.2, -0.15) is 5.10 Å². The van der Waals surface area contributed by atoms with E-state index >= 15 is 0 Å². The third-order valence-electron chi connectivity index (χ3n) is 5.26. The zero-order chi connectivity index (χ0) is 20.4. The molecule has 0 atom stereocenters. The quantitative estimate of drug-likeness (QED) is 0.677. The van der Waals surface area contributed by atoms with Crippen LogP contribution in [0.1, 0.15) is 17.4 Å². The van der Waals surface area contributed by atoms with E-state index in [1.807, 2.05) is 0 Å². The van der Waals surface area contributed by atoms with Gasteiger partial charge in [0.15, 0.2) is 0 Å². The maximum atomic E-state index is 14.3. The second kappa shape index (κ2) is 8.13. The Bertz CT molecular complexity index is 1010. The monoisotopic (exact) mass is 396 g/mol. The third-order valence-corrected chi connectivity index (χ3v) is 5.26. The number of aromatic nitrogens is 2. The number of hydrogen-bond donors (Lipinski definition) is 0. The minimum atomic E-state index is -0.410. The second-order valence-corrected chi connectivity index (χ2v) is 7.01. The first-order valence-corrected chi connectivity index (χ1v) is 9.69. The van der Waals surface area contributed by atoms with Crippen LogP contribution in [-0.2, 0) is 0 Å². The van der Waals surface area contributed by atoms with Gasteiger partial charge in [-0.1, -0.05) is 19.1 Å². The lowest BCUT2D eigenvalue weighted by atomic mass is 10.1. The summed E-state index contributed by atoms with van der Waals surface area (Å²) in [6.07, 6.45) is 0. The smallest absolute Gasteiger partial charge is 0.272 e. The summed E-state index contributed by atoms with van der Waals surface area (Å²) in [4.78, 5) is 17.3. The molecule has 150 valence electrons. The molecule has 4 rings (SSSR count). The van der Waals surface area contributed by atoms with Gasteiger partial charge in [-0.3, -0.25) is 4.79 Å². The minimum Gasteiger partial charge on any atom is -0.335 e. The highest BCUT2D eigenvalue weighted by molar-refractivity contribution is 5.94. The molecule has 0 bridgehead atoms. The van der Waals surface area contributed by atoms with Gasteiger partial charge in [0.1, 0.15) is 17.3 Å². The SMILES string of the molecule is CCN1CCN(C(=O)c2cc(-c3ccccc3F)nn2-c2ccc(F)cc2)CC1. The molecular weight excluding hydrogens is 374 g/mol. The molecule has 29 heavy (non-hydrogen) atoms. The molecule has 0 saturated carbocycles. The predicted molar refractivity (Wildman–Crippen MR) is 107 cm³/mol. The van der Waals surface area contributed by atoms with Gasteiger partial charge < -0.3 is 9.80 Å². The van der Waals surface area contributed by atoms with E-state index < -0.39 is 5.82 Å². The Kier molecular flexibility index (Phi) is 5.40. The van der Waals surface area contributed by atoms with E-state index in [1.165, 1.54) is 22.9 Å². The third kappa shape index (κ3) is 3.91. The van der Waals surface area contributed by atoms with E-state index in [0.717, 1.165) is 19.6 Å². The molecule has 1 saturated heterocycles. The summed E-state index contributed by atoms with van der Waals surface area (Å²) in [7, 11) is 0. The van der Waals surface area contributed by atoms with Crippen LogP contribution in [0.5, 0.6) is 0 Å². The fraction of sp³-hybridized carbons (Fsp3) is 0.273. The zero-order valence-corrected chi connectivity index (χ0v) is 16.2. The Morgan fingerprint density at radius 1 is 1.00 bits per heavy atom. The summed E-state index contributed by atoms with van der Waals surface area (Å²) in [6, 6.07) is 13.7. The van der Waals surface area contributed by atoms with Crippen molar-refractivity contribution >= 4 is 5.91 Å². The van der Waals surface area contributed by atoms with Crippen molar-refractivity contribution in [3.05, 3.63) is 71.9 Å². The number of likely N-dealkylation sites (N-methyl/N-ethyl adjacent to an activating group) is 1. The Morgan fingerprint density at radius 2 is 1.69 bits per heavy atom. The Morgan fingerprint density at radius 3 is 2.34 bits per heavy atom. The van der Waals surface area contributed by atoms with Crippen LogP contribution in [0.2, 0.25) is 0 Å². The van der Waals surface area contributed by atoms with Crippen LogP contribution >= 0.6 is 0 Å². The summed E-state index contributed by atoms with van der Waals surface area (Å²) in [5, 5.41) is 4.48. The fourth-order valence-corrected chi connectivity index (χ4v) is 3.54. The molecule has 1 amide bonds. The van der Waals surface area contributed by atoms with Crippen molar-refractivity contribution in [2.24, 2.45) is 0 Å². The molecular formula is C22H22F2N4O. The first-order valence-electron chi connectivity index (χ1n) is 9.69. The topological polar surface area (TPSA) is 41.4 Å². The molecule has 1 aromatic heterocycles. The Balaban J connectivity index is 1.74. The van der Waals surface area contributed by atoms with Crippen molar-refractivity contribution < 1.29 is 13.6 Å². The van der Waals surface area contributed by atoms with E-state index in [9.17, 15) is 13.6 Å². The number of halogens is 2. The van der Waals surface area contributed by atoms with Gasteiger partial charge in [0.25, 0.3) is 5.91 Å². The van der Waals surface area contributed by atoms with E-state index in [4.69, 9.17) is 0 Å². The maximum absolute atomic E-state index is 14.3. The fourth-order valence-electron chi connectivity index (χ4n) is 3.54. The molecule has 0 N–H and O–H groups in total. The van der Waals surface area contributed by atoms with Gasteiger partial charge in [0, 0.05) is 31.7 Å². The van der Waals surface area contributed by atoms with Crippen LogP contribution < -0.4 is 0 Å². The van der Waals surface area contributed by atoms with Crippen molar-refractivity contribution in [1.82, 2.24) is 19.6 Å². The average molecular weight is 396 g/mol. The van der Waals surface area contributed by atoms with Gasteiger partial charge in [0.05, 0.1) is 11.4 Å². The summed E-state index contributed by atoms with van der Waals surface area (Å²) in [5.41, 5.74) is 1.56. The van der Waals surface area contributed by atoms with Crippen LogP contribution in [0.3, 0.4) is 0 Å². The summed E-state index contributed by atoms with van der Waals surface area (Å²) < 4.78 is 29.2. The molecule has 7 heteroatoms. The second-order valence-electron chi connectivity index (χ2n) is 7.01. The highest BCUT2D eigenvalue weighted by Gasteiger charge is 2.26. The molecule has 1 aliphatic rings. The molecule has 1 fully saturated rings. The first-order chi connectivity index (χ1) is 14.1. The van der Waals surface area contributed by atoms with Crippen LogP contribution in [0, 0.1) is 11.6 Å². The number of hydrogen-bond acceptors (Lipinski definition) is 3. The molecule has 0 aliphatic carbocycles. The van der Waals surface area contributed by atoms with Crippen LogP contribution in [0.25, 0.3) is 16.9 Å². The number of amides is 1. The standard InChI is InChI=1S/C22H22F2N4O/c1-2-26-11-13-27(14-12-26)22(29)21-15-20(18-5-3-4-6-19(18)24)25-28(21)17-9-7-16(23)8-10-17/h3-10,15H,2,11-14H2,1H3. The number of carbonyl (C=O) groups excluding carboxylic acids is 1. The Hall–Kier alpha value is -3.06. The van der Waals surface area contributed by atoms with E-state index in [1.54, 1.807) is 41.3 Å². The van der Waals surface area contributed by atoms with Crippen molar-refractivity contribution in [2.75, 3.05) is 32.7 Å². The minimum absolute atomic E-state index is 0.167. The number of nitrogens with zero attached hydrogens (tertiary/aromatic N) is 4. The molecule has 0 radical (unpaired) electrons. The lowest BCUT2D eigenvalue weighted by Crippen LogP contribution is -2.48. The van der Waals surface area contributed by atoms with Gasteiger partial charge >= 0.3 is 0 Å². The molecule has 5 nitrogen and oxygen atoms in total. The molecule has 3 aromatic rings. The highest BCUT2D eigenvalue weighted by Crippen LogP contribution is 2.25. The average Bonchev–Trinajstić information content (AvgIpc) is 3.19. The lowest BCUT2D eigenvalue weighted by molar-refractivity contribution is 0.0634. The Labute approximate surface area is 168 Å². The van der Waals surface area contributed by atoms with Crippen molar-refractivity contribution in [1.29, 1.82) is 0 Å². The van der Waals surface area contributed by atoms with Crippen LogP contribution in [-0.4, -0.2) is 58.2 Å². The first kappa shape index (κ1) is 19.3. The summed E-state index contributed by atoms with van der Waals surface area (Å²) in [5.74, 6) is -0.953. The summed E-state index contributed by atoms with van der Waals surface area (Å²) in [6.45, 7) is 5.92. The van der Waals surface area contributed by atoms with Crippen molar-refractivity contribution in [2.45, 2.75) is 6.92 Å². The van der Waals surface area contributed by atoms with Crippen LogP contribution in [0.15, 0.2) is 54.6 Å². The van der Waals surface area contributed by atoms with Gasteiger partial charge in [0.2, 0.25) is 0 Å². The number of benzene rings is 2. The van der Waals surface area contributed by atoms with Gasteiger partial charge in [-0.15, -0.1) is 0 Å². The number of piperazine rings is 1. The molecule has 0 unspecified atom stereocenters. The largest absolute Gasteiger partial charge is 0.335 e. The van der Waals surface area contributed by atoms with E-state index in [2.05, 4.69) is 16.9 Å².